The zero-order valence-corrected chi connectivity index (χ0v) is 25.5. The molecule has 4 aliphatic carbocycles. The predicted molar refractivity (Wildman–Crippen MR) is 154 cm³/mol. The quantitative estimate of drug-likeness (QED) is 0.122. The average Bonchev–Trinajstić information content (AvgIpc) is 3.42. The molecule has 1 heterocycles. The van der Waals surface area contributed by atoms with Gasteiger partial charge in [-0.05, 0) is 96.1 Å². The Balaban J connectivity index is 1.25. The second kappa shape index (κ2) is 12.2. The Hall–Kier alpha value is -3.92. The second-order valence-corrected chi connectivity index (χ2v) is 13.6. The van der Waals surface area contributed by atoms with Gasteiger partial charge in [-0.25, -0.2) is 9.59 Å². The molecule has 0 aromatic heterocycles. The number of non-ortho nitro benzene ring substituents is 1. The van der Waals surface area contributed by atoms with Crippen molar-refractivity contribution >= 4 is 23.8 Å². The van der Waals surface area contributed by atoms with E-state index in [1.807, 2.05) is 0 Å². The first kappa shape index (κ1) is 31.5. The number of nitriles is 1. The first-order valence-electron chi connectivity index (χ1n) is 15.2. The fourth-order valence-electron chi connectivity index (χ4n) is 7.93. The number of carbonyl (C=O) groups excluding carboxylic acids is 3. The van der Waals surface area contributed by atoms with Gasteiger partial charge >= 0.3 is 12.2 Å². The summed E-state index contributed by atoms with van der Waals surface area (Å²) in [5, 5.41) is 20.4. The molecule has 2 amide bonds. The molecule has 13 nitrogen and oxygen atoms in total. The lowest BCUT2D eigenvalue weighted by Crippen LogP contribution is -2.68. The minimum atomic E-state index is -0.948. The maximum Gasteiger partial charge on any atom is 0.513 e. The minimum Gasteiger partial charge on any atom is -0.444 e. The van der Waals surface area contributed by atoms with Crippen molar-refractivity contribution in [2.45, 2.75) is 94.9 Å². The molecule has 2 unspecified atom stereocenters. The summed E-state index contributed by atoms with van der Waals surface area (Å²) in [4.78, 5) is 52.9. The van der Waals surface area contributed by atoms with E-state index in [9.17, 15) is 29.8 Å². The number of rotatable bonds is 9. The predicted octanol–water partition coefficient (Wildman–Crippen LogP) is 4.97. The summed E-state index contributed by atoms with van der Waals surface area (Å²) >= 11 is 0. The average molecular weight is 613 g/mol. The summed E-state index contributed by atoms with van der Waals surface area (Å²) in [6.07, 6.45) is 4.61. The van der Waals surface area contributed by atoms with Crippen molar-refractivity contribution in [2.24, 2.45) is 11.8 Å². The van der Waals surface area contributed by atoms with Gasteiger partial charge in [0, 0.05) is 18.7 Å². The molecule has 0 radical (unpaired) electrons. The molecule has 6 rings (SSSR count). The minimum absolute atomic E-state index is 0.0608. The zero-order chi connectivity index (χ0) is 31.7. The van der Waals surface area contributed by atoms with Gasteiger partial charge in [0.25, 0.3) is 5.69 Å². The van der Waals surface area contributed by atoms with Gasteiger partial charge in [0.2, 0.25) is 5.91 Å². The molecular formula is C31H40N4O9. The first-order valence-corrected chi connectivity index (χ1v) is 15.2. The van der Waals surface area contributed by atoms with Crippen LogP contribution in [0.5, 0.6) is 5.75 Å². The third kappa shape index (κ3) is 6.90. The van der Waals surface area contributed by atoms with Gasteiger partial charge in [-0.3, -0.25) is 19.8 Å². The molecule has 4 saturated carbocycles. The highest BCUT2D eigenvalue weighted by atomic mass is 16.7. The third-order valence-electron chi connectivity index (χ3n) is 9.14. The lowest BCUT2D eigenvalue weighted by atomic mass is 9.50. The molecule has 0 N–H and O–H groups in total. The van der Waals surface area contributed by atoms with E-state index in [0.717, 1.165) is 38.5 Å². The van der Waals surface area contributed by atoms with Crippen LogP contribution in [0.25, 0.3) is 0 Å². The number of benzene rings is 1. The highest BCUT2D eigenvalue weighted by Crippen LogP contribution is 2.61. The summed E-state index contributed by atoms with van der Waals surface area (Å²) in [5.41, 5.74) is -2.04. The fraction of sp³-hybridized carbons (Fsp3) is 0.677. The number of nitrogens with zero attached hydrogens (tertiary/aromatic N) is 4. The van der Waals surface area contributed by atoms with Crippen molar-refractivity contribution in [2.75, 3.05) is 26.3 Å². The Labute approximate surface area is 256 Å². The van der Waals surface area contributed by atoms with E-state index in [1.54, 1.807) is 30.6 Å². The number of likely N-dealkylation sites (tertiary alicyclic amines) is 1. The molecule has 5 aliphatic rings. The summed E-state index contributed by atoms with van der Waals surface area (Å²) in [7, 11) is 0. The van der Waals surface area contributed by atoms with Gasteiger partial charge in [0.15, 0.2) is 0 Å². The number of nitro benzene ring substituents is 1. The number of hydrogen-bond donors (Lipinski definition) is 0. The molecule has 4 bridgehead atoms. The maximum atomic E-state index is 13.7. The van der Waals surface area contributed by atoms with Crippen LogP contribution in [0.1, 0.15) is 72.1 Å². The van der Waals surface area contributed by atoms with Crippen LogP contribution in [0.2, 0.25) is 0 Å². The smallest absolute Gasteiger partial charge is 0.444 e. The van der Waals surface area contributed by atoms with Crippen LogP contribution < -0.4 is 4.74 Å². The molecule has 1 aromatic carbocycles. The van der Waals surface area contributed by atoms with E-state index in [0.29, 0.717) is 31.2 Å². The normalized spacial score (nSPS) is 28.7. The summed E-state index contributed by atoms with van der Waals surface area (Å²) < 4.78 is 22.6. The maximum absolute atomic E-state index is 13.7. The topological polar surface area (TPSA) is 162 Å². The van der Waals surface area contributed by atoms with Crippen molar-refractivity contribution < 1.29 is 38.3 Å². The van der Waals surface area contributed by atoms with Crippen LogP contribution in [-0.2, 0) is 19.0 Å². The van der Waals surface area contributed by atoms with Gasteiger partial charge < -0.3 is 23.8 Å². The van der Waals surface area contributed by atoms with Gasteiger partial charge in [-0.2, -0.15) is 5.26 Å². The SMILES string of the molecule is CC(C)(C)OC(=O)N(CC(=O)N1CCC[C@H]1C#N)C12CC3CC(CC(OCCOC(=O)Oc4ccc([N+](=O)[O-])cc4)(C3)C1)C2. The van der Waals surface area contributed by atoms with Crippen LogP contribution >= 0.6 is 0 Å². The first-order chi connectivity index (χ1) is 20.8. The summed E-state index contributed by atoms with van der Waals surface area (Å²) in [6.45, 7) is 5.80. The molecule has 13 heteroatoms. The van der Waals surface area contributed by atoms with E-state index in [4.69, 9.17) is 18.9 Å². The molecule has 44 heavy (non-hydrogen) atoms. The van der Waals surface area contributed by atoms with Crippen molar-refractivity contribution in [3.8, 4) is 11.8 Å². The highest BCUT2D eigenvalue weighted by Gasteiger charge is 2.62. The van der Waals surface area contributed by atoms with Crippen LogP contribution in [0, 0.1) is 33.3 Å². The van der Waals surface area contributed by atoms with Gasteiger partial charge in [0.1, 0.15) is 30.5 Å². The largest absolute Gasteiger partial charge is 0.513 e. The Morgan fingerprint density at radius 1 is 1.11 bits per heavy atom. The van der Waals surface area contributed by atoms with Gasteiger partial charge in [0.05, 0.1) is 28.7 Å². The number of carbonyl (C=O) groups is 3. The van der Waals surface area contributed by atoms with Gasteiger partial charge in [-0.15, -0.1) is 0 Å². The molecule has 3 atom stereocenters. The Bertz CT molecular complexity index is 1300. The fourth-order valence-corrected chi connectivity index (χ4v) is 7.93. The second-order valence-electron chi connectivity index (χ2n) is 13.6. The van der Waals surface area contributed by atoms with Crippen molar-refractivity contribution in [1.82, 2.24) is 9.80 Å². The lowest BCUT2D eigenvalue weighted by Gasteiger charge is -2.64. The molecule has 1 saturated heterocycles. The Kier molecular flexibility index (Phi) is 8.75. The van der Waals surface area contributed by atoms with E-state index >= 15 is 0 Å². The molecule has 238 valence electrons. The van der Waals surface area contributed by atoms with E-state index in [-0.39, 0.29) is 37.1 Å². The Morgan fingerprint density at radius 2 is 1.80 bits per heavy atom. The monoisotopic (exact) mass is 612 g/mol. The molecule has 0 spiro atoms. The molecule has 1 aromatic rings. The van der Waals surface area contributed by atoms with Gasteiger partial charge in [-0.1, -0.05) is 0 Å². The highest BCUT2D eigenvalue weighted by molar-refractivity contribution is 5.83. The standard InChI is InChI=1S/C31H40N4O9/c1-29(2,3)44-27(37)34(19-26(36)33-10-4-5-24(33)18-32)30-14-21-13-22(15-30)17-31(16-21,20-30)42-12-11-41-28(38)43-25-8-6-23(7-9-25)35(39)40/h6-9,21-22,24H,4-5,10-17,19-20H2,1-3H3/t21?,22?,24-,30?,31?/m0/s1. The summed E-state index contributed by atoms with van der Waals surface area (Å²) in [5.74, 6) is 0.493. The van der Waals surface area contributed by atoms with Crippen molar-refractivity contribution in [3.63, 3.8) is 0 Å². The van der Waals surface area contributed by atoms with Crippen LogP contribution in [-0.4, -0.2) is 82.0 Å². The number of nitro groups is 1. The lowest BCUT2D eigenvalue weighted by molar-refractivity contribution is -0.384. The van der Waals surface area contributed by atoms with Crippen molar-refractivity contribution in [3.05, 3.63) is 34.4 Å². The number of amides is 2. The van der Waals surface area contributed by atoms with Crippen LogP contribution in [0.4, 0.5) is 15.3 Å². The number of hydrogen-bond acceptors (Lipinski definition) is 10. The summed E-state index contributed by atoms with van der Waals surface area (Å²) in [6, 6.07) is 6.82. The molecule has 1 aliphatic heterocycles. The van der Waals surface area contributed by atoms with E-state index in [1.165, 1.54) is 24.3 Å². The zero-order valence-electron chi connectivity index (χ0n) is 25.5. The number of ether oxygens (including phenoxy) is 4. The van der Waals surface area contributed by atoms with E-state index in [2.05, 4.69) is 6.07 Å². The van der Waals surface area contributed by atoms with Crippen LogP contribution in [0.3, 0.4) is 0 Å². The van der Waals surface area contributed by atoms with Crippen molar-refractivity contribution in [1.29, 1.82) is 5.26 Å². The van der Waals surface area contributed by atoms with Crippen LogP contribution in [0.15, 0.2) is 24.3 Å². The third-order valence-corrected chi connectivity index (χ3v) is 9.14. The van der Waals surface area contributed by atoms with E-state index < -0.39 is 40.0 Å². The molecular weight excluding hydrogens is 572 g/mol. The Morgan fingerprint density at radius 3 is 2.41 bits per heavy atom. The molecule has 5 fully saturated rings.